The van der Waals surface area contributed by atoms with E-state index in [1.807, 2.05) is 36.4 Å². The van der Waals surface area contributed by atoms with Gasteiger partial charge >= 0.3 is 5.97 Å². The Balaban J connectivity index is 1.70. The molecule has 0 bridgehead atoms. The first-order chi connectivity index (χ1) is 11.1. The molecule has 1 aliphatic heterocycles. The van der Waals surface area contributed by atoms with Gasteiger partial charge in [-0.15, -0.1) is 6.58 Å². The van der Waals surface area contributed by atoms with Crippen LogP contribution in [0.1, 0.15) is 31.7 Å². The van der Waals surface area contributed by atoms with Crippen molar-refractivity contribution in [2.24, 2.45) is 5.41 Å². The number of benzene rings is 1. The van der Waals surface area contributed by atoms with E-state index in [0.29, 0.717) is 13.2 Å². The van der Waals surface area contributed by atoms with Crippen LogP contribution < -0.4 is 5.32 Å². The first-order valence-corrected chi connectivity index (χ1v) is 8.25. The Hall–Kier alpha value is -1.65. The Morgan fingerprint density at radius 2 is 2.22 bits per heavy atom. The van der Waals surface area contributed by atoms with Crippen LogP contribution in [0.2, 0.25) is 0 Å². The van der Waals surface area contributed by atoms with Gasteiger partial charge in [0.2, 0.25) is 0 Å². The third-order valence-corrected chi connectivity index (χ3v) is 4.13. The van der Waals surface area contributed by atoms with E-state index in [9.17, 15) is 4.79 Å². The van der Waals surface area contributed by atoms with E-state index in [2.05, 4.69) is 18.8 Å². The van der Waals surface area contributed by atoms with Crippen molar-refractivity contribution in [1.82, 2.24) is 5.32 Å². The molecular formula is C19H27NO3. The van der Waals surface area contributed by atoms with Crippen molar-refractivity contribution in [3.05, 3.63) is 48.6 Å². The number of hydrogen-bond donors (Lipinski definition) is 1. The fourth-order valence-electron chi connectivity index (χ4n) is 2.76. The van der Waals surface area contributed by atoms with Crippen molar-refractivity contribution in [1.29, 1.82) is 0 Å². The third-order valence-electron chi connectivity index (χ3n) is 4.13. The second kappa shape index (κ2) is 8.85. The number of rotatable bonds is 9. The van der Waals surface area contributed by atoms with Crippen LogP contribution in [0.3, 0.4) is 0 Å². The zero-order chi connectivity index (χ0) is 16.5. The van der Waals surface area contributed by atoms with Gasteiger partial charge in [-0.1, -0.05) is 43.3 Å². The number of ether oxygens (including phenoxy) is 2. The number of nitrogens with one attached hydrogen (secondary N) is 1. The molecule has 126 valence electrons. The highest BCUT2D eigenvalue weighted by molar-refractivity contribution is 5.76. The van der Waals surface area contributed by atoms with E-state index >= 15 is 0 Å². The number of hydrogen-bond acceptors (Lipinski definition) is 4. The number of allylic oxidation sites excluding steroid dienone is 1. The van der Waals surface area contributed by atoms with Crippen LogP contribution in [0.25, 0.3) is 0 Å². The monoisotopic (exact) mass is 317 g/mol. The summed E-state index contributed by atoms with van der Waals surface area (Å²) in [5.74, 6) is -0.177. The zero-order valence-corrected chi connectivity index (χ0v) is 13.9. The molecular weight excluding hydrogens is 290 g/mol. The van der Waals surface area contributed by atoms with Crippen molar-refractivity contribution in [3.63, 3.8) is 0 Å². The van der Waals surface area contributed by atoms with Gasteiger partial charge in [0.05, 0.1) is 6.61 Å². The molecule has 2 atom stereocenters. The molecule has 1 saturated heterocycles. The van der Waals surface area contributed by atoms with Crippen molar-refractivity contribution < 1.29 is 14.3 Å². The molecule has 0 amide bonds. The fourth-order valence-corrected chi connectivity index (χ4v) is 2.76. The Bertz CT molecular complexity index is 503. The van der Waals surface area contributed by atoms with Gasteiger partial charge in [-0.3, -0.25) is 4.79 Å². The van der Waals surface area contributed by atoms with Crippen LogP contribution >= 0.6 is 0 Å². The molecule has 1 fully saturated rings. The average molecular weight is 317 g/mol. The van der Waals surface area contributed by atoms with Crippen LogP contribution in [-0.2, 0) is 20.9 Å². The maximum Gasteiger partial charge on any atom is 0.323 e. The molecule has 0 unspecified atom stereocenters. The van der Waals surface area contributed by atoms with Gasteiger partial charge in [0.15, 0.2) is 0 Å². The zero-order valence-electron chi connectivity index (χ0n) is 13.9. The second-order valence-electron chi connectivity index (χ2n) is 6.53. The van der Waals surface area contributed by atoms with Gasteiger partial charge in [-0.05, 0) is 24.8 Å². The fraction of sp³-hybridized carbons (Fsp3) is 0.526. The van der Waals surface area contributed by atoms with Gasteiger partial charge in [-0.25, -0.2) is 0 Å². The lowest BCUT2D eigenvalue weighted by atomic mass is 9.89. The summed E-state index contributed by atoms with van der Waals surface area (Å²) in [6, 6.07) is 9.51. The molecule has 0 aliphatic carbocycles. The van der Waals surface area contributed by atoms with Crippen molar-refractivity contribution >= 4 is 5.97 Å². The molecule has 0 radical (unpaired) electrons. The first kappa shape index (κ1) is 17.7. The van der Waals surface area contributed by atoms with E-state index in [-0.39, 0.29) is 17.4 Å². The van der Waals surface area contributed by atoms with Crippen LogP contribution in [0.15, 0.2) is 43.0 Å². The summed E-state index contributed by atoms with van der Waals surface area (Å²) in [4.78, 5) is 12.2. The topological polar surface area (TPSA) is 47.6 Å². The minimum atomic E-state index is -0.236. The normalized spacial score (nSPS) is 23.6. The lowest BCUT2D eigenvalue weighted by Gasteiger charge is -2.22. The molecule has 1 aromatic carbocycles. The van der Waals surface area contributed by atoms with Crippen LogP contribution in [0, 0.1) is 5.41 Å². The second-order valence-corrected chi connectivity index (χ2v) is 6.53. The quantitative estimate of drug-likeness (QED) is 0.432. The van der Waals surface area contributed by atoms with Crippen molar-refractivity contribution in [2.45, 2.75) is 38.8 Å². The summed E-state index contributed by atoms with van der Waals surface area (Å²) in [5.41, 5.74) is 0.997. The Morgan fingerprint density at radius 3 is 2.96 bits per heavy atom. The van der Waals surface area contributed by atoms with Crippen LogP contribution in [0.5, 0.6) is 0 Å². The highest BCUT2D eigenvalue weighted by Crippen LogP contribution is 2.29. The van der Waals surface area contributed by atoms with Gasteiger partial charge in [0.1, 0.15) is 12.6 Å². The SMILES string of the molecule is C=CCCCOC[C@]1(C)CN[C@H](C(=O)OCc2ccccc2)C1. The maximum atomic E-state index is 12.2. The van der Waals surface area contributed by atoms with Gasteiger partial charge in [0, 0.05) is 18.6 Å². The third kappa shape index (κ3) is 5.81. The standard InChI is InChI=1S/C19H27NO3/c1-3-4-8-11-22-15-19(2)12-17(20-14-19)18(21)23-13-16-9-6-5-7-10-16/h3,5-7,9-10,17,20H,1,4,8,11-15H2,2H3/t17-,19-/m0/s1. The van der Waals surface area contributed by atoms with Crippen molar-refractivity contribution in [2.75, 3.05) is 19.8 Å². The van der Waals surface area contributed by atoms with Crippen LogP contribution in [-0.4, -0.2) is 31.8 Å². The molecule has 0 aromatic heterocycles. The lowest BCUT2D eigenvalue weighted by Crippen LogP contribution is -2.32. The van der Waals surface area contributed by atoms with E-state index in [1.165, 1.54) is 0 Å². The summed E-state index contributed by atoms with van der Waals surface area (Å²) >= 11 is 0. The minimum Gasteiger partial charge on any atom is -0.460 e. The van der Waals surface area contributed by atoms with Gasteiger partial charge < -0.3 is 14.8 Å². The first-order valence-electron chi connectivity index (χ1n) is 8.25. The highest BCUT2D eigenvalue weighted by atomic mass is 16.5. The summed E-state index contributed by atoms with van der Waals surface area (Å²) in [5, 5.41) is 3.26. The molecule has 4 heteroatoms. The molecule has 1 heterocycles. The summed E-state index contributed by atoms with van der Waals surface area (Å²) in [7, 11) is 0. The molecule has 1 N–H and O–H groups in total. The predicted octanol–water partition coefficient (Wildman–Crippen LogP) is 3.08. The Morgan fingerprint density at radius 1 is 1.43 bits per heavy atom. The van der Waals surface area contributed by atoms with Crippen LogP contribution in [0.4, 0.5) is 0 Å². The van der Waals surface area contributed by atoms with Gasteiger partial charge in [-0.2, -0.15) is 0 Å². The molecule has 0 saturated carbocycles. The summed E-state index contributed by atoms with van der Waals surface area (Å²) < 4.78 is 11.1. The number of carbonyl (C=O) groups excluding carboxylic acids is 1. The molecule has 1 aliphatic rings. The Labute approximate surface area is 138 Å². The molecule has 0 spiro atoms. The minimum absolute atomic E-state index is 0.00931. The van der Waals surface area contributed by atoms with E-state index < -0.39 is 0 Å². The largest absolute Gasteiger partial charge is 0.460 e. The lowest BCUT2D eigenvalue weighted by molar-refractivity contribution is -0.147. The molecule has 1 aromatic rings. The number of esters is 1. The van der Waals surface area contributed by atoms with E-state index in [1.54, 1.807) is 0 Å². The van der Waals surface area contributed by atoms with E-state index in [4.69, 9.17) is 9.47 Å². The molecule has 2 rings (SSSR count). The van der Waals surface area contributed by atoms with E-state index in [0.717, 1.165) is 38.0 Å². The highest BCUT2D eigenvalue weighted by Gasteiger charge is 2.39. The average Bonchev–Trinajstić information content (AvgIpc) is 2.96. The van der Waals surface area contributed by atoms with Crippen molar-refractivity contribution in [3.8, 4) is 0 Å². The number of carbonyl (C=O) groups is 1. The number of unbranched alkanes of at least 4 members (excludes halogenated alkanes) is 1. The molecule has 23 heavy (non-hydrogen) atoms. The Kier molecular flexibility index (Phi) is 6.81. The summed E-state index contributed by atoms with van der Waals surface area (Å²) in [6.07, 6.45) is 4.63. The summed E-state index contributed by atoms with van der Waals surface area (Å²) in [6.45, 7) is 8.36. The van der Waals surface area contributed by atoms with Gasteiger partial charge in [0.25, 0.3) is 0 Å². The predicted molar refractivity (Wildman–Crippen MR) is 91.0 cm³/mol. The smallest absolute Gasteiger partial charge is 0.323 e. The maximum absolute atomic E-state index is 12.2. The molecule has 4 nitrogen and oxygen atoms in total.